The van der Waals surface area contributed by atoms with Crippen molar-refractivity contribution in [3.8, 4) is 0 Å². The maximum atomic E-state index is 3.68. The summed E-state index contributed by atoms with van der Waals surface area (Å²) in [6.07, 6.45) is 53.3. The van der Waals surface area contributed by atoms with Gasteiger partial charge in [-0.3, -0.25) is 5.32 Å². The first-order valence-corrected chi connectivity index (χ1v) is 23.3. The van der Waals surface area contributed by atoms with Crippen LogP contribution in [0, 0.1) is 29.6 Å². The first kappa shape index (κ1) is 37.1. The second kappa shape index (κ2) is 15.3. The average molecular weight is 793 g/mol. The lowest BCUT2D eigenvalue weighted by atomic mass is 9.66. The minimum Gasteiger partial charge on any atom is -0.372 e. The van der Waals surface area contributed by atoms with Gasteiger partial charge in [-0.05, 0) is 166 Å². The van der Waals surface area contributed by atoms with Gasteiger partial charge >= 0.3 is 0 Å². The molecule has 9 aliphatic carbocycles. The van der Waals surface area contributed by atoms with Gasteiger partial charge in [0.05, 0.1) is 6.17 Å². The minimum atomic E-state index is 0.166. The van der Waals surface area contributed by atoms with Gasteiger partial charge in [-0.2, -0.15) is 0 Å². The van der Waals surface area contributed by atoms with Crippen molar-refractivity contribution < 1.29 is 0 Å². The highest BCUT2D eigenvalue weighted by atomic mass is 15.1. The fourth-order valence-corrected chi connectivity index (χ4v) is 12.8. The van der Waals surface area contributed by atoms with Gasteiger partial charge in [-0.15, -0.1) is 0 Å². The number of benzene rings is 2. The van der Waals surface area contributed by atoms with Crippen molar-refractivity contribution >= 4 is 16.7 Å². The fraction of sp³-hybridized carbons (Fsp3) is 0.288. The molecule has 0 spiro atoms. The van der Waals surface area contributed by atoms with Gasteiger partial charge in [0.15, 0.2) is 0 Å². The maximum absolute atomic E-state index is 3.68. The molecule has 10 aliphatic rings. The molecular formula is C59H56N2. The van der Waals surface area contributed by atoms with Crippen LogP contribution in [0.2, 0.25) is 0 Å². The molecule has 1 fully saturated rings. The van der Waals surface area contributed by atoms with Crippen LogP contribution in [-0.4, -0.2) is 6.17 Å². The molecule has 1 heterocycles. The van der Waals surface area contributed by atoms with Crippen LogP contribution in [0.3, 0.4) is 0 Å². The van der Waals surface area contributed by atoms with Crippen LogP contribution in [0.1, 0.15) is 81.9 Å². The van der Waals surface area contributed by atoms with Crippen molar-refractivity contribution in [1.29, 1.82) is 0 Å². The van der Waals surface area contributed by atoms with Crippen LogP contribution in [-0.2, 0) is 0 Å². The molecule has 2 nitrogen and oxygen atoms in total. The summed E-state index contributed by atoms with van der Waals surface area (Å²) in [4.78, 5) is 0. The highest BCUT2D eigenvalue weighted by Gasteiger charge is 2.52. The molecule has 7 unspecified atom stereocenters. The van der Waals surface area contributed by atoms with Crippen LogP contribution < -0.4 is 21.1 Å². The molecule has 61 heavy (non-hydrogen) atoms. The molecule has 1 aliphatic heterocycles. The largest absolute Gasteiger partial charge is 0.372 e. The molecule has 2 N–H and O–H groups in total. The van der Waals surface area contributed by atoms with E-state index in [9.17, 15) is 0 Å². The summed E-state index contributed by atoms with van der Waals surface area (Å²) >= 11 is 0. The number of rotatable bonds is 7. The molecular weight excluding hydrogens is 737 g/mol. The monoisotopic (exact) mass is 792 g/mol. The smallest absolute Gasteiger partial charge is 0.0964 e. The number of allylic oxidation sites excluding steroid dienone is 26. The Bertz CT molecular complexity index is 2800. The summed E-state index contributed by atoms with van der Waals surface area (Å²) in [5.74, 6) is 2.18. The van der Waals surface area contributed by atoms with Gasteiger partial charge in [0.25, 0.3) is 0 Å². The number of hydrogen-bond acceptors (Lipinski definition) is 2. The Morgan fingerprint density at radius 2 is 1.34 bits per heavy atom. The van der Waals surface area contributed by atoms with Gasteiger partial charge in [-0.25, -0.2) is 0 Å². The van der Waals surface area contributed by atoms with E-state index in [-0.39, 0.29) is 12.2 Å². The quantitative estimate of drug-likeness (QED) is 0.292. The van der Waals surface area contributed by atoms with E-state index in [2.05, 4.69) is 163 Å². The van der Waals surface area contributed by atoms with E-state index in [0.29, 0.717) is 29.6 Å². The fourth-order valence-electron chi connectivity index (χ4n) is 12.8. The van der Waals surface area contributed by atoms with Crippen molar-refractivity contribution in [2.45, 2.75) is 76.9 Å². The molecule has 12 rings (SSSR count). The Morgan fingerprint density at radius 3 is 2.05 bits per heavy atom. The van der Waals surface area contributed by atoms with Crippen LogP contribution in [0.4, 0.5) is 0 Å². The van der Waals surface area contributed by atoms with Crippen LogP contribution in [0.25, 0.3) is 16.7 Å². The Hall–Kier alpha value is -5.70. The van der Waals surface area contributed by atoms with Gasteiger partial charge in [0, 0.05) is 29.7 Å². The lowest BCUT2D eigenvalue weighted by molar-refractivity contribution is 0.479. The third kappa shape index (κ3) is 6.32. The SMILES string of the molecule is CC(NC1C=CC=CN1)c1ccc(C2=CC3=C(CC2)C2=CC=C(C4=CC=C5C6C(=CC=CC46)C4C(C6=CC=CCC6)=c6ccccc6=C(C6=CC=CCC6)C54)CC2CC3)cc1. The Kier molecular flexibility index (Phi) is 9.32. The molecule has 2 heteroatoms. The average Bonchev–Trinajstić information content (AvgIpc) is 3.66. The number of hydrogen-bond donors (Lipinski definition) is 2. The molecule has 0 aromatic heterocycles. The summed E-state index contributed by atoms with van der Waals surface area (Å²) in [5, 5.41) is 10.00. The van der Waals surface area contributed by atoms with Gasteiger partial charge in [-0.1, -0.05) is 151 Å². The predicted molar refractivity (Wildman–Crippen MR) is 254 cm³/mol. The van der Waals surface area contributed by atoms with Crippen molar-refractivity contribution in [3.63, 3.8) is 0 Å². The zero-order valence-corrected chi connectivity index (χ0v) is 35.4. The minimum absolute atomic E-state index is 0.166. The number of fused-ring (bicyclic) bond motifs is 6. The first-order chi connectivity index (χ1) is 30.2. The molecule has 0 amide bonds. The van der Waals surface area contributed by atoms with E-state index in [1.165, 1.54) is 40.0 Å². The highest BCUT2D eigenvalue weighted by Crippen LogP contribution is 2.62. The second-order valence-electron chi connectivity index (χ2n) is 18.8. The summed E-state index contributed by atoms with van der Waals surface area (Å²) in [6, 6.07) is 19.0. The lowest BCUT2D eigenvalue weighted by Crippen LogP contribution is -2.40. The van der Waals surface area contributed by atoms with Gasteiger partial charge < -0.3 is 5.32 Å². The molecule has 302 valence electrons. The topological polar surface area (TPSA) is 24.1 Å². The summed E-state index contributed by atoms with van der Waals surface area (Å²) in [5.41, 5.74) is 21.7. The Morgan fingerprint density at radius 1 is 0.607 bits per heavy atom. The Balaban J connectivity index is 0.858. The summed E-state index contributed by atoms with van der Waals surface area (Å²) in [6.45, 7) is 2.25. The number of dihydropyridines is 1. The van der Waals surface area contributed by atoms with E-state index in [1.54, 1.807) is 61.3 Å². The van der Waals surface area contributed by atoms with Crippen molar-refractivity contribution in [3.05, 3.63) is 230 Å². The maximum Gasteiger partial charge on any atom is 0.0964 e. The molecule has 2 aromatic carbocycles. The van der Waals surface area contributed by atoms with Crippen LogP contribution in [0.15, 0.2) is 208 Å². The van der Waals surface area contributed by atoms with Crippen LogP contribution >= 0.6 is 0 Å². The van der Waals surface area contributed by atoms with E-state index < -0.39 is 0 Å². The van der Waals surface area contributed by atoms with Crippen molar-refractivity contribution in [2.24, 2.45) is 29.6 Å². The molecule has 0 saturated heterocycles. The predicted octanol–water partition coefficient (Wildman–Crippen LogP) is 11.9. The molecule has 0 radical (unpaired) electrons. The third-order valence-corrected chi connectivity index (χ3v) is 15.6. The third-order valence-electron chi connectivity index (χ3n) is 15.6. The second-order valence-corrected chi connectivity index (χ2v) is 18.8. The van der Waals surface area contributed by atoms with Crippen LogP contribution in [0.5, 0.6) is 0 Å². The molecule has 0 bridgehead atoms. The van der Waals surface area contributed by atoms with Gasteiger partial charge in [0.1, 0.15) is 0 Å². The van der Waals surface area contributed by atoms with E-state index in [4.69, 9.17) is 0 Å². The van der Waals surface area contributed by atoms with E-state index in [0.717, 1.165) is 44.9 Å². The molecule has 7 atom stereocenters. The Labute approximate surface area is 362 Å². The first-order valence-electron chi connectivity index (χ1n) is 23.3. The molecule has 1 saturated carbocycles. The van der Waals surface area contributed by atoms with Gasteiger partial charge in [0.2, 0.25) is 0 Å². The zero-order chi connectivity index (χ0) is 40.4. The highest BCUT2D eigenvalue weighted by molar-refractivity contribution is 5.85. The van der Waals surface area contributed by atoms with E-state index >= 15 is 0 Å². The molecule has 2 aromatic rings. The van der Waals surface area contributed by atoms with E-state index in [1.807, 2.05) is 12.3 Å². The standard InChI is InChI=1S/C59H56N2/c1-37(61-54-21-10-11-34-60-54)38-22-24-39(25-23-38)42-28-30-46-43(35-42)26-27-44-36-45(29-31-47(44)46)48-32-33-53-57-49(48)19-12-20-52(57)58-55(40-13-4-2-5-14-40)50-17-8-9-18-51(50)56(59(53)58)41-15-6-3-7-16-41/h2-4,6,8-13,15,17-25,29,31-35,37,44,49,54,57-61H,5,7,14,16,26-28,30,36H2,1H3. The lowest BCUT2D eigenvalue weighted by Gasteiger charge is -2.38. The number of nitrogens with one attached hydrogen (secondary N) is 2. The zero-order valence-electron chi connectivity index (χ0n) is 35.4. The van der Waals surface area contributed by atoms with Crippen molar-refractivity contribution in [1.82, 2.24) is 10.6 Å². The summed E-state index contributed by atoms with van der Waals surface area (Å²) < 4.78 is 0. The van der Waals surface area contributed by atoms with Crippen molar-refractivity contribution in [2.75, 3.05) is 0 Å². The normalized spacial score (nSPS) is 29.6. The summed E-state index contributed by atoms with van der Waals surface area (Å²) in [7, 11) is 0.